The van der Waals surface area contributed by atoms with Crippen molar-refractivity contribution in [1.82, 2.24) is 0 Å². The lowest BCUT2D eigenvalue weighted by atomic mass is 10.0. The molecule has 24 heavy (non-hydrogen) atoms. The van der Waals surface area contributed by atoms with Crippen LogP contribution in [0.5, 0.6) is 11.5 Å². The summed E-state index contributed by atoms with van der Waals surface area (Å²) in [6.07, 6.45) is -0.269. The summed E-state index contributed by atoms with van der Waals surface area (Å²) in [7, 11) is 3.19. The molecule has 1 aliphatic rings. The molecule has 0 spiro atoms. The number of ether oxygens (including phenoxy) is 2. The molecule has 0 radical (unpaired) electrons. The fraction of sp³-hybridized carbons (Fsp3) is 0.222. The minimum Gasteiger partial charge on any atom is -0.497 e. The van der Waals surface area contributed by atoms with Gasteiger partial charge in [-0.1, -0.05) is 17.3 Å². The second kappa shape index (κ2) is 7.04. The zero-order chi connectivity index (χ0) is 16.9. The van der Waals surface area contributed by atoms with Crippen LogP contribution in [0, 0.1) is 0 Å². The topological polar surface area (TPSA) is 69.2 Å². The molecule has 0 aromatic heterocycles. The van der Waals surface area contributed by atoms with Gasteiger partial charge in [0.15, 0.2) is 0 Å². The summed E-state index contributed by atoms with van der Waals surface area (Å²) in [4.78, 5) is 17.6. The largest absolute Gasteiger partial charge is 0.497 e. The van der Waals surface area contributed by atoms with E-state index in [1.54, 1.807) is 38.5 Å². The average molecular weight is 326 g/mol. The number of hydrogen-bond acceptors (Lipinski definition) is 5. The van der Waals surface area contributed by atoms with Gasteiger partial charge in [-0.3, -0.25) is 4.79 Å². The van der Waals surface area contributed by atoms with E-state index in [9.17, 15) is 4.79 Å². The Labute approximate surface area is 140 Å². The number of nitrogens with zero attached hydrogens (tertiary/aromatic N) is 1. The molecule has 1 amide bonds. The standard InChI is InChI=1S/C18H18N2O4/c1-22-13-9-7-12(8-10-13)19-18(21)17-11-15(20-24-17)14-5-3-4-6-16(14)23-2/h3-10,17H,11H2,1-2H3,(H,19,21)/t17-/m0/s1. The first-order chi connectivity index (χ1) is 11.7. The summed E-state index contributed by atoms with van der Waals surface area (Å²) in [6.45, 7) is 0. The number of oxime groups is 1. The predicted octanol–water partition coefficient (Wildman–Crippen LogP) is 2.84. The number of carbonyl (C=O) groups excluding carboxylic acids is 1. The summed E-state index contributed by atoms with van der Waals surface area (Å²) < 4.78 is 10.4. The molecule has 3 rings (SSSR count). The Hall–Kier alpha value is -3.02. The number of hydrogen-bond donors (Lipinski definition) is 1. The molecule has 0 saturated heterocycles. The Kier molecular flexibility index (Phi) is 4.65. The molecule has 1 N–H and O–H groups in total. The van der Waals surface area contributed by atoms with Gasteiger partial charge in [0.2, 0.25) is 6.10 Å². The maximum atomic E-state index is 12.3. The molecular weight excluding hydrogens is 308 g/mol. The van der Waals surface area contributed by atoms with Crippen LogP contribution in [0.1, 0.15) is 12.0 Å². The van der Waals surface area contributed by atoms with E-state index in [1.807, 2.05) is 24.3 Å². The first-order valence-corrected chi connectivity index (χ1v) is 7.52. The van der Waals surface area contributed by atoms with Crippen LogP contribution >= 0.6 is 0 Å². The molecule has 0 fully saturated rings. The summed E-state index contributed by atoms with van der Waals surface area (Å²) >= 11 is 0. The van der Waals surface area contributed by atoms with Crippen molar-refractivity contribution in [3.63, 3.8) is 0 Å². The van der Waals surface area contributed by atoms with Crippen LogP contribution in [0.25, 0.3) is 0 Å². The highest BCUT2D eigenvalue weighted by Crippen LogP contribution is 2.25. The van der Waals surface area contributed by atoms with E-state index < -0.39 is 6.10 Å². The van der Waals surface area contributed by atoms with E-state index in [0.717, 1.165) is 11.3 Å². The quantitative estimate of drug-likeness (QED) is 0.917. The van der Waals surface area contributed by atoms with Gasteiger partial charge in [0.05, 0.1) is 19.9 Å². The molecule has 1 atom stereocenters. The Morgan fingerprint density at radius 3 is 2.58 bits per heavy atom. The Morgan fingerprint density at radius 1 is 1.12 bits per heavy atom. The van der Waals surface area contributed by atoms with Gasteiger partial charge >= 0.3 is 0 Å². The molecule has 2 aromatic carbocycles. The minimum atomic E-state index is -0.660. The highest BCUT2D eigenvalue weighted by Gasteiger charge is 2.30. The summed E-state index contributed by atoms with van der Waals surface area (Å²) in [5.74, 6) is 1.19. The molecule has 124 valence electrons. The van der Waals surface area contributed by atoms with Crippen LogP contribution in [0.4, 0.5) is 5.69 Å². The third kappa shape index (κ3) is 3.32. The second-order valence-corrected chi connectivity index (χ2v) is 5.25. The zero-order valence-corrected chi connectivity index (χ0v) is 13.5. The van der Waals surface area contributed by atoms with E-state index >= 15 is 0 Å². The van der Waals surface area contributed by atoms with Gasteiger partial charge in [0.25, 0.3) is 5.91 Å². The number of para-hydroxylation sites is 1. The molecule has 0 aliphatic carbocycles. The fourth-order valence-corrected chi connectivity index (χ4v) is 2.46. The van der Waals surface area contributed by atoms with E-state index in [2.05, 4.69) is 10.5 Å². The van der Waals surface area contributed by atoms with Crippen molar-refractivity contribution in [2.75, 3.05) is 19.5 Å². The number of amides is 1. The molecule has 0 unspecified atom stereocenters. The van der Waals surface area contributed by atoms with Crippen molar-refractivity contribution < 1.29 is 19.1 Å². The number of nitrogens with one attached hydrogen (secondary N) is 1. The molecule has 6 nitrogen and oxygen atoms in total. The lowest BCUT2D eigenvalue weighted by Crippen LogP contribution is -2.28. The normalized spacial score (nSPS) is 16.1. The highest BCUT2D eigenvalue weighted by molar-refractivity contribution is 6.07. The van der Waals surface area contributed by atoms with Crippen LogP contribution < -0.4 is 14.8 Å². The van der Waals surface area contributed by atoms with Crippen LogP contribution in [-0.2, 0) is 9.63 Å². The number of benzene rings is 2. The first kappa shape index (κ1) is 15.9. The first-order valence-electron chi connectivity index (χ1n) is 7.52. The molecule has 0 bridgehead atoms. The van der Waals surface area contributed by atoms with Crippen LogP contribution in [0.15, 0.2) is 53.7 Å². The van der Waals surface area contributed by atoms with Crippen molar-refractivity contribution in [2.45, 2.75) is 12.5 Å². The van der Waals surface area contributed by atoms with Gasteiger partial charge in [-0.15, -0.1) is 0 Å². The monoisotopic (exact) mass is 326 g/mol. The number of methoxy groups -OCH3 is 2. The molecular formula is C18H18N2O4. The van der Waals surface area contributed by atoms with Crippen molar-refractivity contribution in [1.29, 1.82) is 0 Å². The van der Waals surface area contributed by atoms with Crippen molar-refractivity contribution in [2.24, 2.45) is 5.16 Å². The SMILES string of the molecule is COc1ccc(NC(=O)[C@@H]2CC(c3ccccc3OC)=NO2)cc1. The van der Waals surface area contributed by atoms with Crippen molar-refractivity contribution in [3.05, 3.63) is 54.1 Å². The molecule has 6 heteroatoms. The van der Waals surface area contributed by atoms with Gasteiger partial charge < -0.3 is 19.6 Å². The minimum absolute atomic E-state index is 0.242. The Balaban J connectivity index is 1.64. The van der Waals surface area contributed by atoms with E-state index in [0.29, 0.717) is 23.6 Å². The molecule has 2 aromatic rings. The summed E-state index contributed by atoms with van der Waals surface area (Å²) in [5.41, 5.74) is 2.21. The highest BCUT2D eigenvalue weighted by atomic mass is 16.6. The van der Waals surface area contributed by atoms with E-state index in [-0.39, 0.29) is 5.91 Å². The number of rotatable bonds is 5. The predicted molar refractivity (Wildman–Crippen MR) is 90.6 cm³/mol. The second-order valence-electron chi connectivity index (χ2n) is 5.25. The molecule has 1 aliphatic heterocycles. The number of anilines is 1. The fourth-order valence-electron chi connectivity index (χ4n) is 2.46. The average Bonchev–Trinajstić information content (AvgIpc) is 3.12. The summed E-state index contributed by atoms with van der Waals surface area (Å²) in [5, 5.41) is 6.85. The van der Waals surface area contributed by atoms with Crippen LogP contribution in [0.2, 0.25) is 0 Å². The third-order valence-electron chi connectivity index (χ3n) is 3.74. The maximum Gasteiger partial charge on any atom is 0.268 e. The Morgan fingerprint density at radius 2 is 1.88 bits per heavy atom. The smallest absolute Gasteiger partial charge is 0.268 e. The lowest BCUT2D eigenvalue weighted by molar-refractivity contribution is -0.125. The van der Waals surface area contributed by atoms with Gasteiger partial charge in [-0.05, 0) is 36.4 Å². The third-order valence-corrected chi connectivity index (χ3v) is 3.74. The molecule has 1 heterocycles. The Bertz CT molecular complexity index is 756. The maximum absolute atomic E-state index is 12.3. The van der Waals surface area contributed by atoms with E-state index in [4.69, 9.17) is 14.3 Å². The summed E-state index contributed by atoms with van der Waals surface area (Å²) in [6, 6.07) is 14.6. The van der Waals surface area contributed by atoms with Gasteiger partial charge in [0, 0.05) is 17.7 Å². The van der Waals surface area contributed by atoms with Crippen molar-refractivity contribution >= 4 is 17.3 Å². The zero-order valence-electron chi connectivity index (χ0n) is 13.5. The van der Waals surface area contributed by atoms with E-state index in [1.165, 1.54) is 0 Å². The van der Waals surface area contributed by atoms with Crippen LogP contribution in [0.3, 0.4) is 0 Å². The van der Waals surface area contributed by atoms with Crippen molar-refractivity contribution in [3.8, 4) is 11.5 Å². The number of carbonyl (C=O) groups is 1. The molecule has 0 saturated carbocycles. The lowest BCUT2D eigenvalue weighted by Gasteiger charge is -2.10. The van der Waals surface area contributed by atoms with Gasteiger partial charge in [-0.2, -0.15) is 0 Å². The van der Waals surface area contributed by atoms with Gasteiger partial charge in [-0.25, -0.2) is 0 Å². The van der Waals surface area contributed by atoms with Crippen LogP contribution in [-0.4, -0.2) is 31.9 Å². The van der Waals surface area contributed by atoms with Gasteiger partial charge in [0.1, 0.15) is 11.5 Å².